The number of hydrogen-bond donors (Lipinski definition) is 1. The lowest BCUT2D eigenvalue weighted by atomic mass is 10.1. The van der Waals surface area contributed by atoms with Crippen molar-refractivity contribution in [2.75, 3.05) is 13.1 Å². The Morgan fingerprint density at radius 1 is 0.969 bits per heavy atom. The lowest BCUT2D eigenvalue weighted by molar-refractivity contribution is -0.122. The fraction of sp³-hybridized carbons (Fsp3) is 0.400. The number of rotatable bonds is 3. The Morgan fingerprint density at radius 2 is 1.50 bits per heavy atom. The zero-order valence-corrected chi connectivity index (χ0v) is 18.8. The molecule has 0 bridgehead atoms. The van der Waals surface area contributed by atoms with Gasteiger partial charge in [-0.1, -0.05) is 24.3 Å². The van der Waals surface area contributed by atoms with Crippen LogP contribution in [0.4, 0.5) is 4.79 Å². The summed E-state index contributed by atoms with van der Waals surface area (Å²) in [6.45, 7) is 6.76. The molecule has 0 unspecified atom stereocenters. The van der Waals surface area contributed by atoms with Gasteiger partial charge in [-0.05, 0) is 57.9 Å². The monoisotopic (exact) mass is 435 g/mol. The molecule has 1 saturated heterocycles. The van der Waals surface area contributed by atoms with Gasteiger partial charge in [-0.3, -0.25) is 9.59 Å². The molecule has 4 rings (SSSR count). The number of carbonyl (C=O) groups is 2. The van der Waals surface area contributed by atoms with E-state index in [0.717, 1.165) is 11.0 Å². The second-order valence-electron chi connectivity index (χ2n) is 9.26. The third-order valence-corrected chi connectivity index (χ3v) is 5.69. The Labute approximate surface area is 187 Å². The van der Waals surface area contributed by atoms with Gasteiger partial charge >= 0.3 is 6.09 Å². The lowest BCUT2D eigenvalue weighted by Crippen LogP contribution is -2.48. The molecule has 0 spiro atoms. The van der Waals surface area contributed by atoms with Crippen LogP contribution in [0.1, 0.15) is 33.6 Å². The van der Waals surface area contributed by atoms with E-state index >= 15 is 0 Å². The summed E-state index contributed by atoms with van der Waals surface area (Å²) < 4.78 is 7.33. The van der Waals surface area contributed by atoms with Crippen LogP contribution in [0.2, 0.25) is 0 Å². The highest BCUT2D eigenvalue weighted by Crippen LogP contribution is 2.20. The van der Waals surface area contributed by atoms with Gasteiger partial charge in [0.1, 0.15) is 12.1 Å². The number of fused-ring (bicyclic) bond motifs is 2. The first-order chi connectivity index (χ1) is 15.2. The van der Waals surface area contributed by atoms with Gasteiger partial charge in [0.25, 0.3) is 0 Å². The summed E-state index contributed by atoms with van der Waals surface area (Å²) in [5.41, 5.74) is 0.935. The van der Waals surface area contributed by atoms with Gasteiger partial charge in [-0.15, -0.1) is 0 Å². The van der Waals surface area contributed by atoms with E-state index in [2.05, 4.69) is 5.32 Å². The fourth-order valence-electron chi connectivity index (χ4n) is 4.20. The van der Waals surface area contributed by atoms with Crippen LogP contribution < -0.4 is 10.7 Å². The van der Waals surface area contributed by atoms with Crippen LogP contribution >= 0.6 is 0 Å². The zero-order chi connectivity index (χ0) is 22.9. The van der Waals surface area contributed by atoms with Crippen molar-refractivity contribution in [1.82, 2.24) is 14.8 Å². The summed E-state index contributed by atoms with van der Waals surface area (Å²) in [6.07, 6.45) is 1.04. The van der Waals surface area contributed by atoms with E-state index in [1.54, 1.807) is 17.0 Å². The van der Waals surface area contributed by atoms with Crippen molar-refractivity contribution in [3.8, 4) is 0 Å². The van der Waals surface area contributed by atoms with Crippen LogP contribution in [0.15, 0.2) is 53.3 Å². The van der Waals surface area contributed by atoms with Crippen LogP contribution in [0.5, 0.6) is 0 Å². The van der Waals surface area contributed by atoms with Crippen molar-refractivity contribution in [1.29, 1.82) is 0 Å². The molecular weight excluding hydrogens is 406 g/mol. The molecule has 0 aliphatic carbocycles. The highest BCUT2D eigenvalue weighted by Gasteiger charge is 2.27. The number of nitrogens with one attached hydrogen (secondary N) is 1. The molecule has 1 aliphatic rings. The summed E-state index contributed by atoms with van der Waals surface area (Å²) in [6, 6.07) is 14.7. The van der Waals surface area contributed by atoms with E-state index in [9.17, 15) is 14.4 Å². The summed E-state index contributed by atoms with van der Waals surface area (Å²) in [7, 11) is 0. The Kier molecular flexibility index (Phi) is 5.91. The third-order valence-electron chi connectivity index (χ3n) is 5.69. The number of para-hydroxylation sites is 2. The molecule has 1 aliphatic heterocycles. The quantitative estimate of drug-likeness (QED) is 0.637. The van der Waals surface area contributed by atoms with Crippen molar-refractivity contribution in [3.05, 3.63) is 58.8 Å². The summed E-state index contributed by atoms with van der Waals surface area (Å²) in [5, 5.41) is 4.31. The maximum Gasteiger partial charge on any atom is 0.410 e. The number of likely N-dealkylation sites (tertiary alicyclic amines) is 1. The molecule has 7 heteroatoms. The number of hydrogen-bond acceptors (Lipinski definition) is 4. The molecule has 0 radical (unpaired) electrons. The van der Waals surface area contributed by atoms with Crippen molar-refractivity contribution < 1.29 is 14.3 Å². The fourth-order valence-corrected chi connectivity index (χ4v) is 4.20. The maximum atomic E-state index is 12.9. The van der Waals surface area contributed by atoms with Crippen molar-refractivity contribution >= 4 is 33.8 Å². The SMILES string of the molecule is CC(C)(C)OC(=O)N1CCC(NC(=O)Cn2c3ccccc3c(=O)c3ccccc32)CC1. The van der Waals surface area contributed by atoms with Gasteiger partial charge in [0.2, 0.25) is 5.91 Å². The van der Waals surface area contributed by atoms with Gasteiger partial charge in [-0.2, -0.15) is 0 Å². The summed E-state index contributed by atoms with van der Waals surface area (Å²) in [5.74, 6) is -0.111. The summed E-state index contributed by atoms with van der Waals surface area (Å²) in [4.78, 5) is 39.7. The smallest absolute Gasteiger partial charge is 0.410 e. The third kappa shape index (κ3) is 4.61. The lowest BCUT2D eigenvalue weighted by Gasteiger charge is -2.33. The first kappa shape index (κ1) is 21.9. The number of piperidine rings is 1. The zero-order valence-electron chi connectivity index (χ0n) is 18.8. The average molecular weight is 436 g/mol. The molecule has 0 atom stereocenters. The molecule has 1 fully saturated rings. The molecule has 2 heterocycles. The van der Waals surface area contributed by atoms with Crippen LogP contribution in [0, 0.1) is 0 Å². The molecule has 1 N–H and O–H groups in total. The van der Waals surface area contributed by atoms with E-state index in [0.29, 0.717) is 36.7 Å². The Morgan fingerprint density at radius 3 is 2.03 bits per heavy atom. The number of benzene rings is 2. The largest absolute Gasteiger partial charge is 0.444 e. The predicted molar refractivity (Wildman–Crippen MR) is 125 cm³/mol. The van der Waals surface area contributed by atoms with Crippen LogP contribution in [-0.2, 0) is 16.1 Å². The molecule has 1 aromatic heterocycles. The number of pyridine rings is 1. The number of amides is 2. The second-order valence-corrected chi connectivity index (χ2v) is 9.26. The van der Waals surface area contributed by atoms with Crippen LogP contribution in [0.25, 0.3) is 21.8 Å². The number of ether oxygens (including phenoxy) is 1. The van der Waals surface area contributed by atoms with Crippen LogP contribution in [0.3, 0.4) is 0 Å². The van der Waals surface area contributed by atoms with Gasteiger partial charge in [0, 0.05) is 29.9 Å². The molecule has 0 saturated carbocycles. The number of carbonyl (C=O) groups excluding carboxylic acids is 2. The second kappa shape index (κ2) is 8.65. The Bertz CT molecular complexity index is 1160. The minimum atomic E-state index is -0.523. The Hall–Kier alpha value is -3.35. The standard InChI is InChI=1S/C25H29N3O4/c1-25(2,3)32-24(31)27-14-12-17(13-15-27)26-22(29)16-28-20-10-6-4-8-18(20)23(30)19-9-5-7-11-21(19)28/h4-11,17H,12-16H2,1-3H3,(H,26,29). The van der Waals surface area contributed by atoms with Crippen molar-refractivity contribution in [3.63, 3.8) is 0 Å². The highest BCUT2D eigenvalue weighted by atomic mass is 16.6. The molecule has 32 heavy (non-hydrogen) atoms. The topological polar surface area (TPSA) is 80.6 Å². The van der Waals surface area contributed by atoms with Gasteiger partial charge < -0.3 is 19.5 Å². The van der Waals surface area contributed by atoms with E-state index < -0.39 is 5.60 Å². The molecule has 3 aromatic rings. The first-order valence-corrected chi connectivity index (χ1v) is 11.0. The van der Waals surface area contributed by atoms with E-state index in [1.807, 2.05) is 61.7 Å². The summed E-state index contributed by atoms with van der Waals surface area (Å²) >= 11 is 0. The minimum absolute atomic E-state index is 0.00176. The van der Waals surface area contributed by atoms with Gasteiger partial charge in [-0.25, -0.2) is 4.79 Å². The predicted octanol–water partition coefficient (Wildman–Crippen LogP) is 3.67. The maximum absolute atomic E-state index is 12.9. The normalized spacial score (nSPS) is 15.2. The minimum Gasteiger partial charge on any atom is -0.444 e. The molecule has 2 amide bonds. The van der Waals surface area contributed by atoms with E-state index in [-0.39, 0.29) is 30.0 Å². The van der Waals surface area contributed by atoms with Gasteiger partial charge in [0.05, 0.1) is 11.0 Å². The van der Waals surface area contributed by atoms with E-state index in [4.69, 9.17) is 4.74 Å². The molecular formula is C25H29N3O4. The molecule has 7 nitrogen and oxygen atoms in total. The highest BCUT2D eigenvalue weighted by molar-refractivity contribution is 5.94. The van der Waals surface area contributed by atoms with Gasteiger partial charge in [0.15, 0.2) is 5.43 Å². The number of nitrogens with zero attached hydrogens (tertiary/aromatic N) is 2. The average Bonchev–Trinajstić information content (AvgIpc) is 2.76. The van der Waals surface area contributed by atoms with Crippen molar-refractivity contribution in [2.45, 2.75) is 51.8 Å². The van der Waals surface area contributed by atoms with Crippen molar-refractivity contribution in [2.24, 2.45) is 0 Å². The molecule has 2 aromatic carbocycles. The number of aromatic nitrogens is 1. The first-order valence-electron chi connectivity index (χ1n) is 11.0. The van der Waals surface area contributed by atoms with E-state index in [1.165, 1.54) is 0 Å². The molecule has 168 valence electrons. The Balaban J connectivity index is 1.47. The van der Waals surface area contributed by atoms with Crippen LogP contribution in [-0.4, -0.2) is 46.2 Å².